The number of carbonyl (C=O) groups is 1. The Morgan fingerprint density at radius 3 is 2.79 bits per heavy atom. The van der Waals surface area contributed by atoms with E-state index < -0.39 is 12.0 Å². The first-order valence-corrected chi connectivity index (χ1v) is 7.89. The summed E-state index contributed by atoms with van der Waals surface area (Å²) in [6.07, 6.45) is 4.65. The van der Waals surface area contributed by atoms with Gasteiger partial charge in [0.25, 0.3) is 0 Å². The van der Waals surface area contributed by atoms with Crippen molar-refractivity contribution in [2.45, 2.75) is 42.5 Å². The third-order valence-electron chi connectivity index (χ3n) is 4.28. The number of hydrogen-bond donors (Lipinski definition) is 2. The van der Waals surface area contributed by atoms with Gasteiger partial charge >= 0.3 is 5.97 Å². The van der Waals surface area contributed by atoms with Gasteiger partial charge < -0.3 is 5.11 Å². The summed E-state index contributed by atoms with van der Waals surface area (Å²) in [5, 5.41) is 12.6. The minimum atomic E-state index is -0.721. The monoisotopic (exact) mass is 277 g/mol. The van der Waals surface area contributed by atoms with Gasteiger partial charge in [-0.05, 0) is 18.4 Å². The van der Waals surface area contributed by atoms with E-state index in [4.69, 9.17) is 0 Å². The molecule has 0 amide bonds. The van der Waals surface area contributed by atoms with Crippen LogP contribution in [0.15, 0.2) is 30.3 Å². The predicted molar refractivity (Wildman–Crippen MR) is 77.4 cm³/mol. The lowest BCUT2D eigenvalue weighted by Crippen LogP contribution is -2.50. The molecule has 2 unspecified atom stereocenters. The zero-order valence-corrected chi connectivity index (χ0v) is 11.7. The number of hydrogen-bond acceptors (Lipinski definition) is 3. The summed E-state index contributed by atoms with van der Waals surface area (Å²) in [7, 11) is 0. The van der Waals surface area contributed by atoms with Gasteiger partial charge in [-0.15, -0.1) is 11.8 Å². The molecule has 2 N–H and O–H groups in total. The second kappa shape index (κ2) is 5.17. The zero-order chi connectivity index (χ0) is 13.3. The van der Waals surface area contributed by atoms with Gasteiger partial charge in [0.05, 0.1) is 4.87 Å². The summed E-state index contributed by atoms with van der Waals surface area (Å²) in [5.74, 6) is 0.386. The SMILES string of the molecule is O=C(O)[C@@H]1CSC2(CCCCC2c2ccccc2)N1. The Morgan fingerprint density at radius 2 is 2.11 bits per heavy atom. The summed E-state index contributed by atoms with van der Waals surface area (Å²) in [6.45, 7) is 0. The molecule has 1 saturated heterocycles. The lowest BCUT2D eigenvalue weighted by atomic mass is 9.79. The third-order valence-corrected chi connectivity index (χ3v) is 5.90. The van der Waals surface area contributed by atoms with Crippen LogP contribution in [0.5, 0.6) is 0 Å². The Balaban J connectivity index is 1.88. The Morgan fingerprint density at radius 1 is 1.32 bits per heavy atom. The Kier molecular flexibility index (Phi) is 3.54. The lowest BCUT2D eigenvalue weighted by Gasteiger charge is -2.41. The molecule has 3 rings (SSSR count). The highest BCUT2D eigenvalue weighted by Crippen LogP contribution is 2.50. The minimum Gasteiger partial charge on any atom is -0.480 e. The van der Waals surface area contributed by atoms with E-state index in [1.54, 1.807) is 0 Å². The highest BCUT2D eigenvalue weighted by atomic mass is 32.2. The molecule has 3 atom stereocenters. The molecule has 3 nitrogen and oxygen atoms in total. The second-order valence-electron chi connectivity index (χ2n) is 5.44. The van der Waals surface area contributed by atoms with E-state index in [-0.39, 0.29) is 4.87 Å². The molecular weight excluding hydrogens is 258 g/mol. The molecule has 1 aliphatic heterocycles. The van der Waals surface area contributed by atoms with Crippen LogP contribution < -0.4 is 5.32 Å². The van der Waals surface area contributed by atoms with Gasteiger partial charge in [-0.1, -0.05) is 43.2 Å². The summed E-state index contributed by atoms with van der Waals surface area (Å²) in [4.78, 5) is 11.1. The van der Waals surface area contributed by atoms with Gasteiger partial charge in [-0.2, -0.15) is 0 Å². The normalized spacial score (nSPS) is 34.5. The van der Waals surface area contributed by atoms with Gasteiger partial charge in [-0.3, -0.25) is 10.1 Å². The maximum Gasteiger partial charge on any atom is 0.321 e. The van der Waals surface area contributed by atoms with E-state index in [2.05, 4.69) is 29.6 Å². The van der Waals surface area contributed by atoms with Gasteiger partial charge in [0.2, 0.25) is 0 Å². The van der Waals surface area contributed by atoms with Crippen LogP contribution >= 0.6 is 11.8 Å². The van der Waals surface area contributed by atoms with E-state index in [9.17, 15) is 9.90 Å². The zero-order valence-electron chi connectivity index (χ0n) is 10.8. The number of benzene rings is 1. The average molecular weight is 277 g/mol. The summed E-state index contributed by atoms with van der Waals surface area (Å²) < 4.78 is 0. The van der Waals surface area contributed by atoms with Crippen molar-refractivity contribution >= 4 is 17.7 Å². The fourth-order valence-electron chi connectivity index (χ4n) is 3.35. The molecule has 1 aliphatic carbocycles. The Hall–Kier alpha value is -1.00. The summed E-state index contributed by atoms with van der Waals surface area (Å²) in [6, 6.07) is 10.1. The van der Waals surface area contributed by atoms with Gasteiger partial charge in [0.15, 0.2) is 0 Å². The van der Waals surface area contributed by atoms with Gasteiger partial charge in [0.1, 0.15) is 6.04 Å². The molecule has 0 radical (unpaired) electrons. The van der Waals surface area contributed by atoms with Crippen LogP contribution in [0, 0.1) is 0 Å². The smallest absolute Gasteiger partial charge is 0.321 e. The van der Waals surface area contributed by atoms with Crippen molar-refractivity contribution in [3.63, 3.8) is 0 Å². The van der Waals surface area contributed by atoms with Crippen molar-refractivity contribution < 1.29 is 9.90 Å². The van der Waals surface area contributed by atoms with Gasteiger partial charge in [-0.25, -0.2) is 0 Å². The maximum absolute atomic E-state index is 11.2. The Labute approximate surface area is 117 Å². The van der Waals surface area contributed by atoms with Crippen LogP contribution in [0.3, 0.4) is 0 Å². The van der Waals surface area contributed by atoms with Crippen molar-refractivity contribution in [2.75, 3.05) is 5.75 Å². The maximum atomic E-state index is 11.2. The van der Waals surface area contributed by atoms with E-state index in [1.165, 1.54) is 18.4 Å². The fourth-order valence-corrected chi connectivity index (χ4v) is 5.01. The van der Waals surface area contributed by atoms with Crippen LogP contribution in [0.4, 0.5) is 0 Å². The lowest BCUT2D eigenvalue weighted by molar-refractivity contribution is -0.139. The van der Waals surface area contributed by atoms with E-state index in [0.29, 0.717) is 11.7 Å². The second-order valence-corrected chi connectivity index (χ2v) is 6.80. The average Bonchev–Trinajstić information content (AvgIpc) is 2.85. The minimum absolute atomic E-state index is 0.0668. The molecule has 1 aromatic rings. The van der Waals surface area contributed by atoms with E-state index in [0.717, 1.165) is 12.8 Å². The van der Waals surface area contributed by atoms with Crippen molar-refractivity contribution in [1.29, 1.82) is 0 Å². The molecule has 4 heteroatoms. The number of carboxylic acids is 1. The first kappa shape index (κ1) is 13.0. The first-order valence-electron chi connectivity index (χ1n) is 6.91. The van der Waals surface area contributed by atoms with E-state index >= 15 is 0 Å². The third kappa shape index (κ3) is 2.39. The van der Waals surface area contributed by atoms with Crippen molar-refractivity contribution in [1.82, 2.24) is 5.32 Å². The Bertz CT molecular complexity index is 464. The van der Waals surface area contributed by atoms with Crippen LogP contribution in [0.1, 0.15) is 37.2 Å². The predicted octanol–water partition coefficient (Wildman–Crippen LogP) is 2.83. The molecular formula is C15H19NO2S. The van der Waals surface area contributed by atoms with Crippen molar-refractivity contribution in [3.05, 3.63) is 35.9 Å². The molecule has 2 aliphatic rings. The van der Waals surface area contributed by atoms with Crippen LogP contribution in [-0.4, -0.2) is 27.7 Å². The largest absolute Gasteiger partial charge is 0.480 e. The molecule has 0 aromatic heterocycles. The highest BCUT2D eigenvalue weighted by molar-refractivity contribution is 8.01. The molecule has 1 saturated carbocycles. The topological polar surface area (TPSA) is 49.3 Å². The molecule has 1 aromatic carbocycles. The van der Waals surface area contributed by atoms with Crippen molar-refractivity contribution in [2.24, 2.45) is 0 Å². The molecule has 1 heterocycles. The number of rotatable bonds is 2. The van der Waals surface area contributed by atoms with Crippen LogP contribution in [0.25, 0.3) is 0 Å². The fraction of sp³-hybridized carbons (Fsp3) is 0.533. The van der Waals surface area contributed by atoms with Gasteiger partial charge in [0, 0.05) is 11.7 Å². The van der Waals surface area contributed by atoms with Crippen molar-refractivity contribution in [3.8, 4) is 0 Å². The highest BCUT2D eigenvalue weighted by Gasteiger charge is 2.48. The molecule has 19 heavy (non-hydrogen) atoms. The number of carboxylic acid groups (broad SMARTS) is 1. The van der Waals surface area contributed by atoms with Crippen LogP contribution in [0.2, 0.25) is 0 Å². The molecule has 0 bridgehead atoms. The molecule has 102 valence electrons. The quantitative estimate of drug-likeness (QED) is 0.872. The molecule has 1 spiro atoms. The first-order chi connectivity index (χ1) is 9.21. The standard InChI is InChI=1S/C15H19NO2S/c17-14(18)13-10-19-15(16-13)9-5-4-8-12(15)11-6-2-1-3-7-11/h1-3,6-7,12-13,16H,4-5,8-10H2,(H,17,18)/t12?,13-,15?/m0/s1. The summed E-state index contributed by atoms with van der Waals surface area (Å²) >= 11 is 1.81. The number of thioether (sulfide) groups is 1. The van der Waals surface area contributed by atoms with Crippen LogP contribution in [-0.2, 0) is 4.79 Å². The molecule has 2 fully saturated rings. The van der Waals surface area contributed by atoms with E-state index in [1.807, 2.05) is 17.8 Å². The number of nitrogens with one attached hydrogen (secondary N) is 1. The summed E-state index contributed by atoms with van der Waals surface area (Å²) in [5.41, 5.74) is 1.34. The number of aliphatic carboxylic acids is 1.